The van der Waals surface area contributed by atoms with Gasteiger partial charge in [0.05, 0.1) is 24.8 Å². The number of nitrogens with two attached hydrogens (primary N) is 1. The number of hydrogen-bond acceptors (Lipinski definition) is 5. The zero-order valence-corrected chi connectivity index (χ0v) is 18.4. The maximum atomic E-state index is 13.0. The molecule has 1 saturated carbocycles. The Morgan fingerprint density at radius 3 is 2.69 bits per heavy atom. The van der Waals surface area contributed by atoms with Gasteiger partial charge in [0.1, 0.15) is 0 Å². The van der Waals surface area contributed by atoms with E-state index in [9.17, 15) is 4.79 Å². The van der Waals surface area contributed by atoms with Crippen LogP contribution in [0.2, 0.25) is 0 Å². The Bertz CT molecular complexity index is 841. The molecule has 1 aromatic carbocycles. The first kappa shape index (κ1) is 23.7. The van der Waals surface area contributed by atoms with Gasteiger partial charge in [-0.05, 0) is 38.0 Å². The predicted molar refractivity (Wildman–Crippen MR) is 122 cm³/mol. The Kier molecular flexibility index (Phi) is 8.11. The van der Waals surface area contributed by atoms with Crippen molar-refractivity contribution in [1.29, 1.82) is 0 Å². The third kappa shape index (κ3) is 4.94. The van der Waals surface area contributed by atoms with Gasteiger partial charge in [0.2, 0.25) is 5.91 Å². The SMILES string of the molecule is CC1(N)CCCCC1C(=O)Nc1ccc(N2CCOCC2)c2ccncc12.Cl.Cl. The zero-order chi connectivity index (χ0) is 18.9. The fourth-order valence-electron chi connectivity index (χ4n) is 4.37. The Morgan fingerprint density at radius 2 is 1.97 bits per heavy atom. The van der Waals surface area contributed by atoms with E-state index in [1.807, 2.05) is 25.3 Å². The van der Waals surface area contributed by atoms with E-state index in [1.54, 1.807) is 6.20 Å². The van der Waals surface area contributed by atoms with Crippen molar-refractivity contribution >= 4 is 52.9 Å². The second-order valence-electron chi connectivity index (χ2n) is 7.95. The van der Waals surface area contributed by atoms with Crippen molar-refractivity contribution in [2.24, 2.45) is 11.7 Å². The number of benzene rings is 1. The van der Waals surface area contributed by atoms with Crippen LogP contribution in [0.15, 0.2) is 30.6 Å². The first-order valence-corrected chi connectivity index (χ1v) is 9.85. The summed E-state index contributed by atoms with van der Waals surface area (Å²) in [5.74, 6) is -0.138. The first-order valence-electron chi connectivity index (χ1n) is 9.85. The molecule has 2 atom stereocenters. The van der Waals surface area contributed by atoms with Gasteiger partial charge in [-0.15, -0.1) is 24.8 Å². The largest absolute Gasteiger partial charge is 0.378 e. The van der Waals surface area contributed by atoms with Crippen molar-refractivity contribution in [3.63, 3.8) is 0 Å². The van der Waals surface area contributed by atoms with E-state index < -0.39 is 5.54 Å². The maximum Gasteiger partial charge on any atom is 0.229 e. The van der Waals surface area contributed by atoms with Gasteiger partial charge in [-0.1, -0.05) is 12.8 Å². The van der Waals surface area contributed by atoms with E-state index in [0.29, 0.717) is 0 Å². The lowest BCUT2D eigenvalue weighted by molar-refractivity contribution is -0.122. The molecular formula is C21H30Cl2N4O2. The van der Waals surface area contributed by atoms with Gasteiger partial charge >= 0.3 is 0 Å². The Balaban J connectivity index is 0.00000150. The lowest BCUT2D eigenvalue weighted by atomic mass is 9.74. The summed E-state index contributed by atoms with van der Waals surface area (Å²) in [7, 11) is 0. The molecule has 1 aliphatic carbocycles. The molecule has 1 amide bonds. The van der Waals surface area contributed by atoms with Crippen molar-refractivity contribution in [1.82, 2.24) is 4.98 Å². The van der Waals surface area contributed by atoms with Crippen molar-refractivity contribution in [2.45, 2.75) is 38.1 Å². The number of nitrogens with zero attached hydrogens (tertiary/aromatic N) is 2. The molecule has 29 heavy (non-hydrogen) atoms. The fraction of sp³-hybridized carbons (Fsp3) is 0.524. The van der Waals surface area contributed by atoms with Crippen LogP contribution in [0.3, 0.4) is 0 Å². The number of halogens is 2. The van der Waals surface area contributed by atoms with E-state index >= 15 is 0 Å². The number of anilines is 2. The van der Waals surface area contributed by atoms with E-state index in [0.717, 1.165) is 74.1 Å². The van der Waals surface area contributed by atoms with Gasteiger partial charge in [-0.2, -0.15) is 0 Å². The van der Waals surface area contributed by atoms with Gasteiger partial charge in [0.25, 0.3) is 0 Å². The van der Waals surface area contributed by atoms with Crippen LogP contribution in [-0.4, -0.2) is 42.7 Å². The van der Waals surface area contributed by atoms with Gasteiger partial charge < -0.3 is 20.7 Å². The summed E-state index contributed by atoms with van der Waals surface area (Å²) in [6.45, 7) is 5.22. The monoisotopic (exact) mass is 440 g/mol. The number of rotatable bonds is 3. The molecule has 3 N–H and O–H groups in total. The molecule has 8 heteroatoms. The molecular weight excluding hydrogens is 411 g/mol. The quantitative estimate of drug-likeness (QED) is 0.758. The summed E-state index contributed by atoms with van der Waals surface area (Å²) in [6.07, 6.45) is 7.53. The van der Waals surface area contributed by atoms with Crippen molar-refractivity contribution in [3.05, 3.63) is 30.6 Å². The minimum atomic E-state index is -0.440. The van der Waals surface area contributed by atoms with Crippen molar-refractivity contribution < 1.29 is 9.53 Å². The number of pyridine rings is 1. The van der Waals surface area contributed by atoms with Gasteiger partial charge in [0, 0.05) is 47.5 Å². The van der Waals surface area contributed by atoms with Crippen molar-refractivity contribution in [3.8, 4) is 0 Å². The Labute approximate surface area is 184 Å². The van der Waals surface area contributed by atoms with Gasteiger partial charge in [-0.25, -0.2) is 0 Å². The van der Waals surface area contributed by atoms with Crippen LogP contribution in [0, 0.1) is 5.92 Å². The minimum absolute atomic E-state index is 0. The molecule has 0 bridgehead atoms. The summed E-state index contributed by atoms with van der Waals surface area (Å²) in [6, 6.07) is 6.10. The van der Waals surface area contributed by atoms with Crippen LogP contribution < -0.4 is 16.0 Å². The number of amides is 1. The minimum Gasteiger partial charge on any atom is -0.378 e. The third-order valence-electron chi connectivity index (χ3n) is 5.98. The highest BCUT2D eigenvalue weighted by Crippen LogP contribution is 2.35. The number of morpholine rings is 1. The third-order valence-corrected chi connectivity index (χ3v) is 5.98. The van der Waals surface area contributed by atoms with E-state index in [1.165, 1.54) is 0 Å². The maximum absolute atomic E-state index is 13.0. The number of carbonyl (C=O) groups excluding carboxylic acids is 1. The summed E-state index contributed by atoms with van der Waals surface area (Å²) in [5.41, 5.74) is 7.95. The molecule has 0 spiro atoms. The van der Waals surface area contributed by atoms with Gasteiger partial charge in [-0.3, -0.25) is 9.78 Å². The highest BCUT2D eigenvalue weighted by molar-refractivity contribution is 6.07. The summed E-state index contributed by atoms with van der Waals surface area (Å²) < 4.78 is 5.47. The number of nitrogens with one attached hydrogen (secondary N) is 1. The van der Waals surface area contributed by atoms with Gasteiger partial charge in [0.15, 0.2) is 0 Å². The molecule has 2 heterocycles. The molecule has 1 saturated heterocycles. The molecule has 4 rings (SSSR count). The predicted octanol–water partition coefficient (Wildman–Crippen LogP) is 3.76. The normalized spacial score (nSPS) is 24.3. The molecule has 2 unspecified atom stereocenters. The molecule has 2 aromatic rings. The van der Waals surface area contributed by atoms with Crippen LogP contribution in [0.25, 0.3) is 10.8 Å². The molecule has 1 aliphatic heterocycles. The fourth-order valence-corrected chi connectivity index (χ4v) is 4.37. The summed E-state index contributed by atoms with van der Waals surface area (Å²) in [4.78, 5) is 19.6. The molecule has 2 aliphatic rings. The van der Waals surface area contributed by atoms with Crippen LogP contribution >= 0.6 is 24.8 Å². The number of fused-ring (bicyclic) bond motifs is 1. The Morgan fingerprint density at radius 1 is 1.21 bits per heavy atom. The van der Waals surface area contributed by atoms with Crippen molar-refractivity contribution in [2.75, 3.05) is 36.5 Å². The number of hydrogen-bond donors (Lipinski definition) is 2. The molecule has 6 nitrogen and oxygen atoms in total. The van der Waals surface area contributed by atoms with E-state index in [-0.39, 0.29) is 36.6 Å². The number of carbonyl (C=O) groups is 1. The Hall–Kier alpha value is -1.60. The number of ether oxygens (including phenoxy) is 1. The standard InChI is InChI=1S/C21H28N4O2.2ClH/c1-21(22)8-3-2-4-17(21)20(26)24-18-5-6-19(25-10-12-27-13-11-25)15-7-9-23-14-16(15)18;;/h5-7,9,14,17H,2-4,8,10-13,22H2,1H3,(H,24,26);2*1H. The van der Waals surface area contributed by atoms with E-state index in [4.69, 9.17) is 10.5 Å². The van der Waals surface area contributed by atoms with Crippen LogP contribution in [0.1, 0.15) is 32.6 Å². The number of aromatic nitrogens is 1. The average molecular weight is 441 g/mol. The average Bonchev–Trinajstić information content (AvgIpc) is 2.68. The van der Waals surface area contributed by atoms with Crippen LogP contribution in [0.5, 0.6) is 0 Å². The topological polar surface area (TPSA) is 80.5 Å². The molecule has 160 valence electrons. The second-order valence-corrected chi connectivity index (χ2v) is 7.95. The lowest BCUT2D eigenvalue weighted by Crippen LogP contribution is -2.51. The molecule has 2 fully saturated rings. The second kappa shape index (κ2) is 9.94. The highest BCUT2D eigenvalue weighted by atomic mass is 35.5. The highest BCUT2D eigenvalue weighted by Gasteiger charge is 2.37. The molecule has 1 aromatic heterocycles. The zero-order valence-electron chi connectivity index (χ0n) is 16.7. The first-order chi connectivity index (χ1) is 13.1. The smallest absolute Gasteiger partial charge is 0.229 e. The van der Waals surface area contributed by atoms with E-state index in [2.05, 4.69) is 21.3 Å². The van der Waals surface area contributed by atoms with Crippen LogP contribution in [-0.2, 0) is 9.53 Å². The lowest BCUT2D eigenvalue weighted by Gasteiger charge is -2.37. The molecule has 0 radical (unpaired) electrons. The summed E-state index contributed by atoms with van der Waals surface area (Å²) >= 11 is 0. The van der Waals surface area contributed by atoms with Crippen LogP contribution in [0.4, 0.5) is 11.4 Å². The summed E-state index contributed by atoms with van der Waals surface area (Å²) in [5, 5.41) is 5.20.